The van der Waals surface area contributed by atoms with Crippen molar-refractivity contribution in [3.05, 3.63) is 29.3 Å². The van der Waals surface area contributed by atoms with Crippen LogP contribution in [0, 0.1) is 6.92 Å². The molecule has 0 heterocycles. The molecular weight excluding hydrogens is 260 g/mol. The highest BCUT2D eigenvalue weighted by Gasteiger charge is 2.26. The molecule has 0 aromatic heterocycles. The summed E-state index contributed by atoms with van der Waals surface area (Å²) in [6.45, 7) is 6.37. The summed E-state index contributed by atoms with van der Waals surface area (Å²) in [5.41, 5.74) is 3.91. The summed E-state index contributed by atoms with van der Waals surface area (Å²) in [4.78, 5) is 2.26. The second-order valence-electron chi connectivity index (χ2n) is 6.32. The number of nitrogens with zero attached hydrogens (tertiary/aromatic N) is 1. The molecule has 0 saturated heterocycles. The Hall–Kier alpha value is -1.06. The Bertz CT molecular complexity index is 447. The first-order valence-electron chi connectivity index (χ1n) is 8.34. The van der Waals surface area contributed by atoms with Crippen LogP contribution >= 0.6 is 0 Å². The molecule has 1 fully saturated rings. The summed E-state index contributed by atoms with van der Waals surface area (Å²) in [7, 11) is 2.11. The van der Waals surface area contributed by atoms with Crippen molar-refractivity contribution in [3.63, 3.8) is 0 Å². The maximum absolute atomic E-state index is 10.2. The van der Waals surface area contributed by atoms with Crippen LogP contribution in [0.25, 0.3) is 0 Å². The van der Waals surface area contributed by atoms with Crippen molar-refractivity contribution in [3.8, 4) is 0 Å². The van der Waals surface area contributed by atoms with E-state index in [2.05, 4.69) is 49.3 Å². The Balaban J connectivity index is 2.04. The van der Waals surface area contributed by atoms with E-state index in [9.17, 15) is 5.11 Å². The predicted molar refractivity (Wildman–Crippen MR) is 89.8 cm³/mol. The van der Waals surface area contributed by atoms with E-state index in [1.165, 1.54) is 29.7 Å². The van der Waals surface area contributed by atoms with Gasteiger partial charge in [-0.15, -0.1) is 0 Å². The van der Waals surface area contributed by atoms with Gasteiger partial charge in [0.15, 0.2) is 0 Å². The molecule has 118 valence electrons. The Kier molecular flexibility index (Phi) is 6.07. The van der Waals surface area contributed by atoms with Gasteiger partial charge in [-0.3, -0.25) is 0 Å². The zero-order valence-corrected chi connectivity index (χ0v) is 13.7. The van der Waals surface area contributed by atoms with Gasteiger partial charge in [0.2, 0.25) is 0 Å². The molecule has 2 unspecified atom stereocenters. The van der Waals surface area contributed by atoms with Crippen LogP contribution in [0.1, 0.15) is 50.2 Å². The number of anilines is 1. The van der Waals surface area contributed by atoms with Crippen LogP contribution in [0.4, 0.5) is 5.69 Å². The van der Waals surface area contributed by atoms with Crippen molar-refractivity contribution in [1.29, 1.82) is 0 Å². The summed E-state index contributed by atoms with van der Waals surface area (Å²) in [6, 6.07) is 6.93. The molecule has 1 aromatic carbocycles. The van der Waals surface area contributed by atoms with Gasteiger partial charge in [0.25, 0.3) is 0 Å². The average Bonchev–Trinajstić information content (AvgIpc) is 2.49. The minimum absolute atomic E-state index is 0.185. The normalized spacial score (nSPS) is 22.3. The second-order valence-corrected chi connectivity index (χ2v) is 6.32. The average molecular weight is 290 g/mol. The van der Waals surface area contributed by atoms with Crippen molar-refractivity contribution in [1.82, 2.24) is 5.32 Å². The molecule has 1 aliphatic carbocycles. The molecule has 3 nitrogen and oxygen atoms in total. The van der Waals surface area contributed by atoms with Crippen molar-refractivity contribution in [2.75, 3.05) is 18.5 Å². The Morgan fingerprint density at radius 2 is 2.05 bits per heavy atom. The van der Waals surface area contributed by atoms with E-state index in [-0.39, 0.29) is 12.1 Å². The molecule has 3 heteroatoms. The van der Waals surface area contributed by atoms with E-state index in [0.717, 1.165) is 32.4 Å². The van der Waals surface area contributed by atoms with Gasteiger partial charge in [-0.2, -0.15) is 0 Å². The van der Waals surface area contributed by atoms with Gasteiger partial charge in [0.1, 0.15) is 0 Å². The van der Waals surface area contributed by atoms with Gasteiger partial charge in [-0.05, 0) is 56.0 Å². The highest BCUT2D eigenvalue weighted by atomic mass is 16.3. The lowest BCUT2D eigenvalue weighted by molar-refractivity contribution is 0.106. The quantitative estimate of drug-likeness (QED) is 0.790. The number of rotatable bonds is 6. The molecule has 1 aliphatic rings. The maximum Gasteiger partial charge on any atom is 0.0743 e. The van der Waals surface area contributed by atoms with Crippen molar-refractivity contribution < 1.29 is 5.11 Å². The molecule has 21 heavy (non-hydrogen) atoms. The molecule has 2 rings (SSSR count). The third-order valence-corrected chi connectivity index (χ3v) is 4.67. The Morgan fingerprint density at radius 3 is 2.71 bits per heavy atom. The summed E-state index contributed by atoms with van der Waals surface area (Å²) in [5, 5.41) is 13.7. The first kappa shape index (κ1) is 16.3. The first-order valence-corrected chi connectivity index (χ1v) is 8.34. The number of hydrogen-bond acceptors (Lipinski definition) is 3. The summed E-state index contributed by atoms with van der Waals surface area (Å²) < 4.78 is 0. The lowest BCUT2D eigenvalue weighted by Gasteiger charge is -2.37. The van der Waals surface area contributed by atoms with Crippen LogP contribution in [0.2, 0.25) is 0 Å². The molecule has 2 N–H and O–H groups in total. The van der Waals surface area contributed by atoms with Gasteiger partial charge in [0.05, 0.1) is 12.1 Å². The van der Waals surface area contributed by atoms with E-state index in [4.69, 9.17) is 0 Å². The summed E-state index contributed by atoms with van der Waals surface area (Å²) in [5.74, 6) is 0. The lowest BCUT2D eigenvalue weighted by atomic mass is 9.91. The van der Waals surface area contributed by atoms with E-state index in [0.29, 0.717) is 0 Å². The minimum atomic E-state index is -0.185. The number of aryl methyl sites for hydroxylation is 1. The molecule has 0 aliphatic heterocycles. The molecule has 0 bridgehead atoms. The Morgan fingerprint density at radius 1 is 1.29 bits per heavy atom. The van der Waals surface area contributed by atoms with Crippen molar-refractivity contribution in [2.24, 2.45) is 0 Å². The van der Waals surface area contributed by atoms with Crippen molar-refractivity contribution in [2.45, 2.75) is 64.6 Å². The zero-order chi connectivity index (χ0) is 15.2. The predicted octanol–water partition coefficient (Wildman–Crippen LogP) is 3.23. The molecule has 2 atom stereocenters. The minimum Gasteiger partial charge on any atom is -0.391 e. The second kappa shape index (κ2) is 7.81. The van der Waals surface area contributed by atoms with Gasteiger partial charge in [-0.25, -0.2) is 0 Å². The van der Waals surface area contributed by atoms with Crippen LogP contribution in [0.15, 0.2) is 18.2 Å². The fraction of sp³-hybridized carbons (Fsp3) is 0.667. The highest BCUT2D eigenvalue weighted by Crippen LogP contribution is 2.27. The zero-order valence-electron chi connectivity index (χ0n) is 13.7. The number of aliphatic hydroxyl groups excluding tert-OH is 1. The van der Waals surface area contributed by atoms with Gasteiger partial charge < -0.3 is 15.3 Å². The van der Waals surface area contributed by atoms with E-state index < -0.39 is 0 Å². The van der Waals surface area contributed by atoms with Crippen LogP contribution in [-0.2, 0) is 6.54 Å². The number of benzene rings is 1. The maximum atomic E-state index is 10.2. The van der Waals surface area contributed by atoms with Crippen LogP contribution in [0.3, 0.4) is 0 Å². The van der Waals surface area contributed by atoms with E-state index in [1.807, 2.05) is 0 Å². The number of hydrogen-bond donors (Lipinski definition) is 2. The Labute approximate surface area is 129 Å². The highest BCUT2D eigenvalue weighted by molar-refractivity contribution is 5.51. The molecule has 0 spiro atoms. The van der Waals surface area contributed by atoms with Gasteiger partial charge >= 0.3 is 0 Å². The molecule has 0 radical (unpaired) electrons. The third-order valence-electron chi connectivity index (χ3n) is 4.67. The monoisotopic (exact) mass is 290 g/mol. The summed E-state index contributed by atoms with van der Waals surface area (Å²) >= 11 is 0. The lowest BCUT2D eigenvalue weighted by Crippen LogP contribution is -2.43. The fourth-order valence-corrected chi connectivity index (χ4v) is 3.23. The van der Waals surface area contributed by atoms with Gasteiger partial charge in [0, 0.05) is 19.3 Å². The first-order chi connectivity index (χ1) is 10.1. The molecular formula is C18H30N2O. The number of likely N-dealkylation sites (N-methyl/N-ethyl adjacent to an activating group) is 1. The van der Waals surface area contributed by atoms with E-state index >= 15 is 0 Å². The summed E-state index contributed by atoms with van der Waals surface area (Å²) in [6.07, 6.45) is 5.40. The standard InChI is InChI=1S/C18H30N2O/c1-4-11-19-13-15-9-10-16(12-14(15)2)20(3)17-7-5-6-8-18(17)21/h9-10,12,17-19,21H,4-8,11,13H2,1-3H3. The third kappa shape index (κ3) is 4.21. The smallest absolute Gasteiger partial charge is 0.0743 e. The molecule has 1 aromatic rings. The molecule has 1 saturated carbocycles. The van der Waals surface area contributed by atoms with Crippen LogP contribution < -0.4 is 10.2 Å². The van der Waals surface area contributed by atoms with Crippen LogP contribution in [-0.4, -0.2) is 30.8 Å². The number of nitrogens with one attached hydrogen (secondary N) is 1. The van der Waals surface area contributed by atoms with Crippen LogP contribution in [0.5, 0.6) is 0 Å². The fourth-order valence-electron chi connectivity index (χ4n) is 3.23. The largest absolute Gasteiger partial charge is 0.391 e. The molecule has 0 amide bonds. The number of aliphatic hydroxyl groups is 1. The topological polar surface area (TPSA) is 35.5 Å². The van der Waals surface area contributed by atoms with Crippen molar-refractivity contribution >= 4 is 5.69 Å². The van der Waals surface area contributed by atoms with E-state index in [1.54, 1.807) is 0 Å². The van der Waals surface area contributed by atoms with Gasteiger partial charge in [-0.1, -0.05) is 25.8 Å². The SMILES string of the molecule is CCCNCc1ccc(N(C)C2CCCCC2O)cc1C.